The molecule has 1 N–H and O–H groups in total. The van der Waals surface area contributed by atoms with Crippen LogP contribution < -0.4 is 10.1 Å². The Morgan fingerprint density at radius 2 is 1.86 bits per heavy atom. The molecule has 2 aromatic carbocycles. The quantitative estimate of drug-likeness (QED) is 0.392. The number of hydrogen-bond acceptors (Lipinski definition) is 6. The Morgan fingerprint density at radius 3 is 2.45 bits per heavy atom. The Bertz CT molecular complexity index is 869. The average molecular weight is 400 g/mol. The Hall–Kier alpha value is -3.42. The van der Waals surface area contributed by atoms with Gasteiger partial charge in [-0.2, -0.15) is 0 Å². The molecule has 1 amide bonds. The number of benzene rings is 2. The molecule has 8 heteroatoms. The number of nitro groups is 1. The normalized spacial score (nSPS) is 12.5. The SMILES string of the molecule is CC[C@@H](CNC(=O)[C@@H](C)OC(=O)c1cc([N+](=O)[O-])ccc1OC)c1ccccc1. The first-order valence-corrected chi connectivity index (χ1v) is 9.23. The largest absolute Gasteiger partial charge is 0.496 e. The number of nitro benzene ring substituents is 1. The summed E-state index contributed by atoms with van der Waals surface area (Å²) >= 11 is 0. The fourth-order valence-electron chi connectivity index (χ4n) is 2.84. The van der Waals surface area contributed by atoms with E-state index >= 15 is 0 Å². The van der Waals surface area contributed by atoms with Crippen LogP contribution >= 0.6 is 0 Å². The molecule has 2 aromatic rings. The van der Waals surface area contributed by atoms with Crippen LogP contribution in [0, 0.1) is 10.1 Å². The third-order valence-corrected chi connectivity index (χ3v) is 4.55. The van der Waals surface area contributed by atoms with Crippen LogP contribution in [0.2, 0.25) is 0 Å². The molecule has 2 atom stereocenters. The van der Waals surface area contributed by atoms with Gasteiger partial charge in [0.2, 0.25) is 0 Å². The molecule has 0 fully saturated rings. The molecular weight excluding hydrogens is 376 g/mol. The molecule has 8 nitrogen and oxygen atoms in total. The molecule has 0 aliphatic heterocycles. The van der Waals surface area contributed by atoms with Crippen molar-refractivity contribution >= 4 is 17.6 Å². The predicted molar refractivity (Wildman–Crippen MR) is 107 cm³/mol. The number of nitrogens with zero attached hydrogens (tertiary/aromatic N) is 1. The van der Waals surface area contributed by atoms with Gasteiger partial charge < -0.3 is 14.8 Å². The molecule has 0 aliphatic rings. The number of carbonyl (C=O) groups excluding carboxylic acids is 2. The van der Waals surface area contributed by atoms with E-state index in [0.29, 0.717) is 6.54 Å². The van der Waals surface area contributed by atoms with Crippen LogP contribution in [0.25, 0.3) is 0 Å². The van der Waals surface area contributed by atoms with E-state index in [1.165, 1.54) is 26.2 Å². The second kappa shape index (κ2) is 10.2. The highest BCUT2D eigenvalue weighted by Crippen LogP contribution is 2.25. The van der Waals surface area contributed by atoms with E-state index in [1.54, 1.807) is 0 Å². The summed E-state index contributed by atoms with van der Waals surface area (Å²) in [6.45, 7) is 3.88. The van der Waals surface area contributed by atoms with Crippen molar-refractivity contribution in [2.75, 3.05) is 13.7 Å². The second-order valence-corrected chi connectivity index (χ2v) is 6.45. The van der Waals surface area contributed by atoms with Gasteiger partial charge in [-0.25, -0.2) is 4.79 Å². The molecular formula is C21H24N2O6. The Kier molecular flexibility index (Phi) is 7.70. The number of esters is 1. The molecule has 0 unspecified atom stereocenters. The van der Waals surface area contributed by atoms with Crippen molar-refractivity contribution in [1.82, 2.24) is 5.32 Å². The van der Waals surface area contributed by atoms with Crippen LogP contribution in [0.4, 0.5) is 5.69 Å². The highest BCUT2D eigenvalue weighted by atomic mass is 16.6. The van der Waals surface area contributed by atoms with Crippen molar-refractivity contribution in [2.45, 2.75) is 32.3 Å². The van der Waals surface area contributed by atoms with Crippen molar-refractivity contribution in [3.63, 3.8) is 0 Å². The van der Waals surface area contributed by atoms with Crippen molar-refractivity contribution in [1.29, 1.82) is 0 Å². The zero-order valence-electron chi connectivity index (χ0n) is 16.6. The Morgan fingerprint density at radius 1 is 1.17 bits per heavy atom. The lowest BCUT2D eigenvalue weighted by atomic mass is 9.96. The van der Waals surface area contributed by atoms with Crippen LogP contribution in [0.3, 0.4) is 0 Å². The summed E-state index contributed by atoms with van der Waals surface area (Å²) in [6.07, 6.45) is -0.233. The van der Waals surface area contributed by atoms with Gasteiger partial charge in [-0.15, -0.1) is 0 Å². The summed E-state index contributed by atoms with van der Waals surface area (Å²) in [4.78, 5) is 35.1. The van der Waals surface area contributed by atoms with Crippen LogP contribution in [0.15, 0.2) is 48.5 Å². The molecule has 0 aliphatic carbocycles. The number of ether oxygens (including phenoxy) is 2. The molecule has 0 saturated carbocycles. The maximum atomic E-state index is 12.4. The summed E-state index contributed by atoms with van der Waals surface area (Å²) in [5, 5.41) is 13.7. The smallest absolute Gasteiger partial charge is 0.342 e. The molecule has 0 radical (unpaired) electrons. The Balaban J connectivity index is 2.01. The lowest BCUT2D eigenvalue weighted by Crippen LogP contribution is -2.38. The minimum absolute atomic E-state index is 0.114. The topological polar surface area (TPSA) is 108 Å². The van der Waals surface area contributed by atoms with E-state index in [9.17, 15) is 19.7 Å². The number of methoxy groups -OCH3 is 1. The van der Waals surface area contributed by atoms with E-state index in [2.05, 4.69) is 5.32 Å². The minimum atomic E-state index is -1.07. The fourth-order valence-corrected chi connectivity index (χ4v) is 2.84. The molecule has 0 bridgehead atoms. The lowest BCUT2D eigenvalue weighted by Gasteiger charge is -2.19. The molecule has 29 heavy (non-hydrogen) atoms. The van der Waals surface area contributed by atoms with Gasteiger partial charge in [-0.05, 0) is 25.0 Å². The van der Waals surface area contributed by atoms with Crippen molar-refractivity contribution in [3.05, 3.63) is 69.8 Å². The summed E-state index contributed by atoms with van der Waals surface area (Å²) in [5.41, 5.74) is 0.724. The monoisotopic (exact) mass is 400 g/mol. The number of amides is 1. The van der Waals surface area contributed by atoms with E-state index in [0.717, 1.165) is 18.1 Å². The van der Waals surface area contributed by atoms with Gasteiger partial charge in [0.1, 0.15) is 11.3 Å². The molecule has 0 heterocycles. The first-order valence-electron chi connectivity index (χ1n) is 9.23. The second-order valence-electron chi connectivity index (χ2n) is 6.45. The van der Waals surface area contributed by atoms with E-state index in [4.69, 9.17) is 9.47 Å². The number of rotatable bonds is 9. The standard InChI is InChI=1S/C21H24N2O6/c1-4-15(16-8-6-5-7-9-16)13-22-20(24)14(2)29-21(25)18-12-17(23(26)27)10-11-19(18)28-3/h5-12,14-15H,4,13H2,1-3H3,(H,22,24)/t14-,15+/m1/s1. The maximum absolute atomic E-state index is 12.4. The third-order valence-electron chi connectivity index (χ3n) is 4.55. The van der Waals surface area contributed by atoms with E-state index in [1.807, 2.05) is 37.3 Å². The van der Waals surface area contributed by atoms with Gasteiger partial charge in [0.15, 0.2) is 6.10 Å². The summed E-state index contributed by atoms with van der Waals surface area (Å²) in [6, 6.07) is 13.4. The molecule has 2 rings (SSSR count). The third kappa shape index (κ3) is 5.78. The minimum Gasteiger partial charge on any atom is -0.496 e. The van der Waals surface area contributed by atoms with E-state index in [-0.39, 0.29) is 22.9 Å². The molecule has 154 valence electrons. The predicted octanol–water partition coefficient (Wildman–Crippen LogP) is 3.46. The molecule has 0 spiro atoms. The Labute approximate surface area is 169 Å². The van der Waals surface area contributed by atoms with Crippen LogP contribution in [0.1, 0.15) is 42.1 Å². The van der Waals surface area contributed by atoms with Gasteiger partial charge in [0.25, 0.3) is 11.6 Å². The number of non-ortho nitro benzene ring substituents is 1. The van der Waals surface area contributed by atoms with Crippen molar-refractivity contribution in [2.24, 2.45) is 0 Å². The van der Waals surface area contributed by atoms with Gasteiger partial charge in [-0.1, -0.05) is 37.3 Å². The maximum Gasteiger partial charge on any atom is 0.342 e. The summed E-state index contributed by atoms with van der Waals surface area (Å²) < 4.78 is 10.3. The highest BCUT2D eigenvalue weighted by Gasteiger charge is 2.24. The molecule has 0 aromatic heterocycles. The fraction of sp³-hybridized carbons (Fsp3) is 0.333. The highest BCUT2D eigenvalue weighted by molar-refractivity contribution is 5.95. The summed E-state index contributed by atoms with van der Waals surface area (Å²) in [7, 11) is 1.34. The zero-order valence-corrected chi connectivity index (χ0v) is 16.6. The van der Waals surface area contributed by atoms with Gasteiger partial charge >= 0.3 is 5.97 Å². The lowest BCUT2D eigenvalue weighted by molar-refractivity contribution is -0.384. The first kappa shape index (κ1) is 21.9. The van der Waals surface area contributed by atoms with Gasteiger partial charge in [-0.3, -0.25) is 14.9 Å². The van der Waals surface area contributed by atoms with Crippen LogP contribution in [-0.2, 0) is 9.53 Å². The number of nitrogens with one attached hydrogen (secondary N) is 1. The number of hydrogen-bond donors (Lipinski definition) is 1. The first-order chi connectivity index (χ1) is 13.9. The van der Waals surface area contributed by atoms with Crippen molar-refractivity contribution < 1.29 is 24.0 Å². The number of carbonyl (C=O) groups is 2. The molecule has 0 saturated heterocycles. The van der Waals surface area contributed by atoms with Crippen molar-refractivity contribution in [3.8, 4) is 5.75 Å². The van der Waals surface area contributed by atoms with E-state index < -0.39 is 22.9 Å². The zero-order chi connectivity index (χ0) is 21.4. The van der Waals surface area contributed by atoms with Gasteiger partial charge in [0.05, 0.1) is 12.0 Å². The average Bonchev–Trinajstić information content (AvgIpc) is 2.74. The van der Waals surface area contributed by atoms with Crippen LogP contribution in [0.5, 0.6) is 5.75 Å². The van der Waals surface area contributed by atoms with Crippen LogP contribution in [-0.4, -0.2) is 36.6 Å². The summed E-state index contributed by atoms with van der Waals surface area (Å²) in [5.74, 6) is -1.05. The van der Waals surface area contributed by atoms with Gasteiger partial charge in [0, 0.05) is 24.6 Å².